The molecule has 0 radical (unpaired) electrons. The van der Waals surface area contributed by atoms with E-state index >= 15 is 0 Å². The van der Waals surface area contributed by atoms with Crippen LogP contribution in [0.2, 0.25) is 0 Å². The van der Waals surface area contributed by atoms with Crippen LogP contribution in [-0.2, 0) is 14.3 Å². The summed E-state index contributed by atoms with van der Waals surface area (Å²) in [4.78, 5) is 28.6. The molecule has 6 heteroatoms. The number of carbonyl (C=O) groups excluding carboxylic acids is 2. The van der Waals surface area contributed by atoms with E-state index in [2.05, 4.69) is 17.4 Å². The van der Waals surface area contributed by atoms with Crippen molar-refractivity contribution in [2.75, 3.05) is 26.8 Å². The summed E-state index contributed by atoms with van der Waals surface area (Å²) in [7, 11) is 1.38. The number of benzene rings is 2. The number of rotatable bonds is 5. The maximum absolute atomic E-state index is 13.6. The predicted octanol–water partition coefficient (Wildman–Crippen LogP) is 3.90. The maximum Gasteiger partial charge on any atom is 0.411 e. The number of nitrogens with one attached hydrogen (secondary N) is 1. The first-order chi connectivity index (χ1) is 15.2. The normalized spacial score (nSPS) is 19.3. The summed E-state index contributed by atoms with van der Waals surface area (Å²) >= 11 is 0. The molecule has 1 N–H and O–H groups in total. The van der Waals surface area contributed by atoms with Crippen molar-refractivity contribution in [3.05, 3.63) is 59.7 Å². The minimum atomic E-state index is -1.07. The van der Waals surface area contributed by atoms with Gasteiger partial charge in [-0.25, -0.2) is 9.59 Å². The average Bonchev–Trinajstić information content (AvgIpc) is 3.60. The second-order valence-electron chi connectivity index (χ2n) is 8.74. The minimum absolute atomic E-state index is 0.312. The molecule has 1 saturated heterocycles. The molecule has 1 amide bonds. The number of fused-ring (bicyclic) bond motifs is 3. The Kier molecular flexibility index (Phi) is 5.18. The highest BCUT2D eigenvalue weighted by atomic mass is 16.6. The van der Waals surface area contributed by atoms with Gasteiger partial charge in [0.2, 0.25) is 0 Å². The molecule has 5 rings (SSSR count). The Hall–Kier alpha value is -2.86. The molecule has 2 aliphatic carbocycles. The van der Waals surface area contributed by atoms with Crippen LogP contribution in [0.4, 0.5) is 4.79 Å². The summed E-state index contributed by atoms with van der Waals surface area (Å²) in [6.07, 6.45) is 2.69. The van der Waals surface area contributed by atoms with Gasteiger partial charge in [0.05, 0.1) is 19.8 Å². The summed E-state index contributed by atoms with van der Waals surface area (Å²) in [6.45, 7) is 1.71. The lowest BCUT2D eigenvalue weighted by Crippen LogP contribution is -2.62. The number of piperidine rings is 1. The van der Waals surface area contributed by atoms with Crippen LogP contribution in [0.1, 0.15) is 42.9 Å². The van der Waals surface area contributed by atoms with Gasteiger partial charge in [0.1, 0.15) is 5.54 Å². The van der Waals surface area contributed by atoms with Crippen LogP contribution in [0.25, 0.3) is 11.1 Å². The summed E-state index contributed by atoms with van der Waals surface area (Å²) in [5, 5.41) is 3.33. The molecule has 162 valence electrons. The van der Waals surface area contributed by atoms with E-state index in [-0.39, 0.29) is 5.97 Å². The Morgan fingerprint density at radius 2 is 1.58 bits per heavy atom. The molecular weight excluding hydrogens is 392 g/mol. The Morgan fingerprint density at radius 3 is 2.13 bits per heavy atom. The lowest BCUT2D eigenvalue weighted by molar-refractivity contribution is -0.161. The molecule has 0 bridgehead atoms. The molecular formula is C25H28N2O4. The van der Waals surface area contributed by atoms with Crippen molar-refractivity contribution >= 4 is 12.1 Å². The van der Waals surface area contributed by atoms with Crippen LogP contribution in [-0.4, -0.2) is 49.3 Å². The fourth-order valence-corrected chi connectivity index (χ4v) is 5.03. The zero-order valence-corrected chi connectivity index (χ0v) is 17.8. The fourth-order valence-electron chi connectivity index (χ4n) is 5.03. The molecule has 3 aliphatic rings. The van der Waals surface area contributed by atoms with Crippen molar-refractivity contribution in [3.8, 4) is 11.1 Å². The van der Waals surface area contributed by atoms with E-state index in [1.165, 1.54) is 7.11 Å². The molecule has 0 spiro atoms. The van der Waals surface area contributed by atoms with Gasteiger partial charge >= 0.3 is 12.1 Å². The van der Waals surface area contributed by atoms with Crippen molar-refractivity contribution in [2.24, 2.45) is 5.92 Å². The van der Waals surface area contributed by atoms with Crippen LogP contribution < -0.4 is 5.32 Å². The highest BCUT2D eigenvalue weighted by Gasteiger charge is 2.54. The van der Waals surface area contributed by atoms with Gasteiger partial charge in [0.25, 0.3) is 0 Å². The third kappa shape index (κ3) is 3.39. The standard InChI is InChI=1S/C25H28N2O4/c1-30-24(29)27(25(12-14-26-15-13-25)23(28)31-16-17-10-11-17)22-20-8-4-2-6-18(20)19-7-3-5-9-21(19)22/h2-9,17,22,26H,10-16H2,1H3. The summed E-state index contributed by atoms with van der Waals surface area (Å²) in [5.41, 5.74) is 3.14. The molecule has 0 unspecified atom stereocenters. The molecule has 0 aromatic heterocycles. The number of nitrogens with zero attached hydrogens (tertiary/aromatic N) is 1. The first kappa shape index (κ1) is 20.1. The second-order valence-corrected chi connectivity index (χ2v) is 8.74. The van der Waals surface area contributed by atoms with Crippen LogP contribution in [0.3, 0.4) is 0 Å². The van der Waals surface area contributed by atoms with E-state index in [0.29, 0.717) is 38.5 Å². The third-order valence-corrected chi connectivity index (χ3v) is 6.85. The highest BCUT2D eigenvalue weighted by molar-refractivity contribution is 5.89. The number of hydrogen-bond acceptors (Lipinski definition) is 5. The number of amides is 1. The van der Waals surface area contributed by atoms with Crippen LogP contribution in [0.5, 0.6) is 0 Å². The predicted molar refractivity (Wildman–Crippen MR) is 116 cm³/mol. The van der Waals surface area contributed by atoms with Crippen molar-refractivity contribution in [1.29, 1.82) is 0 Å². The van der Waals surface area contributed by atoms with Gasteiger partial charge in [0.15, 0.2) is 0 Å². The smallest absolute Gasteiger partial charge is 0.411 e. The number of hydrogen-bond donors (Lipinski definition) is 1. The summed E-state index contributed by atoms with van der Waals surface area (Å²) in [6, 6.07) is 15.8. The lowest BCUT2D eigenvalue weighted by atomic mass is 9.84. The zero-order chi connectivity index (χ0) is 21.4. The van der Waals surface area contributed by atoms with Crippen molar-refractivity contribution in [2.45, 2.75) is 37.3 Å². The van der Waals surface area contributed by atoms with Gasteiger partial charge in [0, 0.05) is 0 Å². The third-order valence-electron chi connectivity index (χ3n) is 6.85. The van der Waals surface area contributed by atoms with Crippen molar-refractivity contribution in [1.82, 2.24) is 10.2 Å². The minimum Gasteiger partial charge on any atom is -0.464 e. The number of esters is 1. The lowest BCUT2D eigenvalue weighted by Gasteiger charge is -2.46. The zero-order valence-electron chi connectivity index (χ0n) is 17.8. The first-order valence-corrected chi connectivity index (χ1v) is 11.1. The average molecular weight is 421 g/mol. The molecule has 2 aromatic carbocycles. The Balaban J connectivity index is 1.63. The number of ether oxygens (including phenoxy) is 2. The van der Waals surface area contributed by atoms with Gasteiger partial charge in [-0.2, -0.15) is 0 Å². The molecule has 1 aliphatic heterocycles. The topological polar surface area (TPSA) is 67.9 Å². The molecule has 2 fully saturated rings. The van der Waals surface area contributed by atoms with Gasteiger partial charge in [-0.05, 0) is 66.9 Å². The molecule has 6 nitrogen and oxygen atoms in total. The molecule has 1 heterocycles. The van der Waals surface area contributed by atoms with E-state index in [1.54, 1.807) is 4.90 Å². The van der Waals surface area contributed by atoms with Crippen LogP contribution in [0, 0.1) is 5.92 Å². The van der Waals surface area contributed by atoms with Crippen molar-refractivity contribution < 1.29 is 19.1 Å². The number of carbonyl (C=O) groups is 2. The van der Waals surface area contributed by atoms with Gasteiger partial charge in [-0.3, -0.25) is 4.90 Å². The van der Waals surface area contributed by atoms with E-state index < -0.39 is 17.7 Å². The van der Waals surface area contributed by atoms with E-state index in [1.807, 2.05) is 36.4 Å². The quantitative estimate of drug-likeness (QED) is 0.743. The fraction of sp³-hybridized carbons (Fsp3) is 0.440. The van der Waals surface area contributed by atoms with E-state index in [4.69, 9.17) is 9.47 Å². The monoisotopic (exact) mass is 420 g/mol. The molecule has 2 aromatic rings. The van der Waals surface area contributed by atoms with Gasteiger partial charge in [-0.15, -0.1) is 0 Å². The Bertz CT molecular complexity index is 949. The summed E-state index contributed by atoms with van der Waals surface area (Å²) in [5.74, 6) is 0.149. The molecule has 31 heavy (non-hydrogen) atoms. The second kappa shape index (κ2) is 8.00. The first-order valence-electron chi connectivity index (χ1n) is 11.1. The van der Waals surface area contributed by atoms with Gasteiger partial charge < -0.3 is 14.8 Å². The van der Waals surface area contributed by atoms with Crippen LogP contribution >= 0.6 is 0 Å². The maximum atomic E-state index is 13.6. The Morgan fingerprint density at radius 1 is 1.00 bits per heavy atom. The summed E-state index contributed by atoms with van der Waals surface area (Å²) < 4.78 is 11.1. The SMILES string of the molecule is COC(=O)N(C1c2ccccc2-c2ccccc21)C1(C(=O)OCC2CC2)CCNCC1. The van der Waals surface area contributed by atoms with E-state index in [9.17, 15) is 9.59 Å². The Labute approximate surface area is 182 Å². The van der Waals surface area contributed by atoms with Crippen LogP contribution in [0.15, 0.2) is 48.5 Å². The van der Waals surface area contributed by atoms with E-state index in [0.717, 1.165) is 35.1 Å². The van der Waals surface area contributed by atoms with Gasteiger partial charge in [-0.1, -0.05) is 48.5 Å². The molecule has 0 atom stereocenters. The van der Waals surface area contributed by atoms with Crippen molar-refractivity contribution in [3.63, 3.8) is 0 Å². The largest absolute Gasteiger partial charge is 0.464 e. The molecule has 1 saturated carbocycles. The highest BCUT2D eigenvalue weighted by Crippen LogP contribution is 2.50. The number of methoxy groups -OCH3 is 1.